The average molecular weight is 393 g/mol. The Morgan fingerprint density at radius 3 is 2.46 bits per heavy atom. The predicted octanol–water partition coefficient (Wildman–Crippen LogP) is 2.45. The van der Waals surface area contributed by atoms with Crippen molar-refractivity contribution < 1.29 is 9.59 Å². The number of rotatable bonds is 2. The summed E-state index contributed by atoms with van der Waals surface area (Å²) in [4.78, 5) is 29.0. The molecule has 1 N–H and O–H groups in total. The van der Waals surface area contributed by atoms with Crippen LogP contribution in [0.25, 0.3) is 0 Å². The van der Waals surface area contributed by atoms with Gasteiger partial charge in [0.1, 0.15) is 6.04 Å². The minimum atomic E-state index is -0.366. The molecular formula is C16H20Cl3N3O2. The van der Waals surface area contributed by atoms with E-state index in [1.165, 1.54) is 0 Å². The summed E-state index contributed by atoms with van der Waals surface area (Å²) in [6, 6.07) is 4.47. The van der Waals surface area contributed by atoms with Crippen molar-refractivity contribution in [1.82, 2.24) is 15.1 Å². The zero-order chi connectivity index (χ0) is 16.4. The van der Waals surface area contributed by atoms with Gasteiger partial charge in [-0.05, 0) is 31.0 Å². The van der Waals surface area contributed by atoms with Gasteiger partial charge in [0, 0.05) is 38.3 Å². The SMILES string of the molecule is Cl.O=C(C1CCCN1C(=O)c1ccc(Cl)c(Cl)c1)N1CCNCC1. The quantitative estimate of drug-likeness (QED) is 0.841. The van der Waals surface area contributed by atoms with Crippen LogP contribution < -0.4 is 5.32 Å². The van der Waals surface area contributed by atoms with E-state index in [-0.39, 0.29) is 30.3 Å². The Bertz CT molecular complexity index is 621. The molecule has 0 radical (unpaired) electrons. The number of likely N-dealkylation sites (tertiary alicyclic amines) is 1. The van der Waals surface area contributed by atoms with Gasteiger partial charge >= 0.3 is 0 Å². The van der Waals surface area contributed by atoms with Gasteiger partial charge in [-0.15, -0.1) is 12.4 Å². The van der Waals surface area contributed by atoms with Crippen LogP contribution in [0.15, 0.2) is 18.2 Å². The van der Waals surface area contributed by atoms with E-state index < -0.39 is 0 Å². The van der Waals surface area contributed by atoms with E-state index in [1.807, 2.05) is 4.90 Å². The number of piperazine rings is 1. The van der Waals surface area contributed by atoms with Gasteiger partial charge in [-0.2, -0.15) is 0 Å². The van der Waals surface area contributed by atoms with Gasteiger partial charge in [-0.1, -0.05) is 23.2 Å². The van der Waals surface area contributed by atoms with Gasteiger partial charge in [0.25, 0.3) is 5.91 Å². The first-order chi connectivity index (χ1) is 11.1. The molecule has 3 rings (SSSR count). The molecule has 2 saturated heterocycles. The summed E-state index contributed by atoms with van der Waals surface area (Å²) in [5.41, 5.74) is 0.472. The summed E-state index contributed by atoms with van der Waals surface area (Å²) in [5, 5.41) is 3.99. The number of nitrogens with one attached hydrogen (secondary N) is 1. The van der Waals surface area contributed by atoms with Crippen LogP contribution in [0.2, 0.25) is 10.0 Å². The predicted molar refractivity (Wildman–Crippen MR) is 97.2 cm³/mol. The molecule has 1 unspecified atom stereocenters. The first kappa shape index (κ1) is 19.3. The fourth-order valence-corrected chi connectivity index (χ4v) is 3.46. The van der Waals surface area contributed by atoms with Gasteiger partial charge in [0.2, 0.25) is 5.91 Å². The fraction of sp³-hybridized carbons (Fsp3) is 0.500. The highest BCUT2D eigenvalue weighted by Gasteiger charge is 2.37. The Morgan fingerprint density at radius 1 is 1.08 bits per heavy atom. The molecule has 1 aromatic rings. The minimum Gasteiger partial charge on any atom is -0.338 e. The summed E-state index contributed by atoms with van der Waals surface area (Å²) in [6.07, 6.45) is 1.56. The molecule has 2 aliphatic heterocycles. The number of amides is 2. The van der Waals surface area contributed by atoms with Crippen LogP contribution >= 0.6 is 35.6 Å². The van der Waals surface area contributed by atoms with E-state index in [9.17, 15) is 9.59 Å². The third kappa shape index (κ3) is 3.97. The van der Waals surface area contributed by atoms with Gasteiger partial charge in [0.15, 0.2) is 0 Å². The van der Waals surface area contributed by atoms with Gasteiger partial charge in [0.05, 0.1) is 10.0 Å². The van der Waals surface area contributed by atoms with Crippen molar-refractivity contribution in [2.45, 2.75) is 18.9 Å². The molecule has 1 atom stereocenters. The van der Waals surface area contributed by atoms with Crippen molar-refractivity contribution in [2.75, 3.05) is 32.7 Å². The molecule has 8 heteroatoms. The Kier molecular flexibility index (Phi) is 6.75. The highest BCUT2D eigenvalue weighted by atomic mass is 35.5. The van der Waals surface area contributed by atoms with Crippen molar-refractivity contribution in [3.8, 4) is 0 Å². The van der Waals surface area contributed by atoms with Gasteiger partial charge in [-0.25, -0.2) is 0 Å². The van der Waals surface area contributed by atoms with Crippen molar-refractivity contribution in [3.05, 3.63) is 33.8 Å². The lowest BCUT2D eigenvalue weighted by Crippen LogP contribution is -2.53. The maximum atomic E-state index is 12.7. The molecule has 5 nitrogen and oxygen atoms in total. The minimum absolute atomic E-state index is 0. The zero-order valence-corrected chi connectivity index (χ0v) is 15.5. The molecule has 2 aliphatic rings. The lowest BCUT2D eigenvalue weighted by Gasteiger charge is -2.33. The summed E-state index contributed by atoms with van der Waals surface area (Å²) in [5.74, 6) is -0.105. The average Bonchev–Trinajstić information content (AvgIpc) is 3.06. The number of carbonyl (C=O) groups excluding carboxylic acids is 2. The second kappa shape index (κ2) is 8.39. The monoisotopic (exact) mass is 391 g/mol. The molecule has 0 bridgehead atoms. The van der Waals surface area contributed by atoms with Crippen LogP contribution in [0.1, 0.15) is 23.2 Å². The van der Waals surface area contributed by atoms with E-state index in [0.29, 0.717) is 35.2 Å². The van der Waals surface area contributed by atoms with Crippen LogP contribution in [0.5, 0.6) is 0 Å². The smallest absolute Gasteiger partial charge is 0.254 e. The molecule has 0 aliphatic carbocycles. The summed E-state index contributed by atoms with van der Waals surface area (Å²) in [7, 11) is 0. The largest absolute Gasteiger partial charge is 0.338 e. The molecule has 0 spiro atoms. The van der Waals surface area contributed by atoms with E-state index in [1.54, 1.807) is 23.1 Å². The highest BCUT2D eigenvalue weighted by molar-refractivity contribution is 6.42. The number of halogens is 3. The lowest BCUT2D eigenvalue weighted by molar-refractivity contribution is -0.135. The van der Waals surface area contributed by atoms with E-state index in [4.69, 9.17) is 23.2 Å². The van der Waals surface area contributed by atoms with Crippen molar-refractivity contribution in [2.24, 2.45) is 0 Å². The van der Waals surface area contributed by atoms with Gasteiger partial charge in [-0.3, -0.25) is 9.59 Å². The van der Waals surface area contributed by atoms with Crippen molar-refractivity contribution in [3.63, 3.8) is 0 Å². The Labute approximate surface area is 157 Å². The highest BCUT2D eigenvalue weighted by Crippen LogP contribution is 2.26. The first-order valence-corrected chi connectivity index (χ1v) is 8.59. The summed E-state index contributed by atoms with van der Waals surface area (Å²) in [6.45, 7) is 3.61. The number of nitrogens with zero attached hydrogens (tertiary/aromatic N) is 2. The summed E-state index contributed by atoms with van der Waals surface area (Å²) >= 11 is 11.9. The first-order valence-electron chi connectivity index (χ1n) is 7.83. The lowest BCUT2D eigenvalue weighted by atomic mass is 10.1. The van der Waals surface area contributed by atoms with E-state index in [2.05, 4.69) is 5.32 Å². The molecule has 0 saturated carbocycles. The molecule has 2 heterocycles. The maximum Gasteiger partial charge on any atom is 0.254 e. The van der Waals surface area contributed by atoms with Crippen LogP contribution in [0.4, 0.5) is 0 Å². The molecule has 2 amide bonds. The molecule has 2 fully saturated rings. The Morgan fingerprint density at radius 2 is 1.79 bits per heavy atom. The van der Waals surface area contributed by atoms with E-state index >= 15 is 0 Å². The molecule has 1 aromatic carbocycles. The van der Waals surface area contributed by atoms with Gasteiger partial charge < -0.3 is 15.1 Å². The second-order valence-corrected chi connectivity index (χ2v) is 6.68. The standard InChI is InChI=1S/C16H19Cl2N3O2.ClH/c17-12-4-3-11(10-13(12)18)15(22)21-7-1-2-14(21)16(23)20-8-5-19-6-9-20;/h3-4,10,14,19H,1-2,5-9H2;1H. The summed E-state index contributed by atoms with van der Waals surface area (Å²) < 4.78 is 0. The molecule has 0 aromatic heterocycles. The van der Waals surface area contributed by atoms with Crippen molar-refractivity contribution in [1.29, 1.82) is 0 Å². The van der Waals surface area contributed by atoms with Crippen molar-refractivity contribution >= 4 is 47.4 Å². The topological polar surface area (TPSA) is 52.7 Å². The molecular weight excluding hydrogens is 373 g/mol. The van der Waals surface area contributed by atoms with Crippen LogP contribution in [0, 0.1) is 0 Å². The van der Waals surface area contributed by atoms with E-state index in [0.717, 1.165) is 25.9 Å². The normalized spacial score (nSPS) is 20.7. The van der Waals surface area contributed by atoms with Crippen LogP contribution in [-0.4, -0.2) is 60.4 Å². The number of carbonyl (C=O) groups is 2. The van der Waals surface area contributed by atoms with Crippen LogP contribution in [-0.2, 0) is 4.79 Å². The third-order valence-corrected chi connectivity index (χ3v) is 5.13. The Balaban J connectivity index is 0.00000208. The maximum absolute atomic E-state index is 12.7. The zero-order valence-electron chi connectivity index (χ0n) is 13.1. The molecule has 132 valence electrons. The Hall–Kier alpha value is -1.01. The number of benzene rings is 1. The number of hydrogen-bond donors (Lipinski definition) is 1. The number of hydrogen-bond acceptors (Lipinski definition) is 3. The third-order valence-electron chi connectivity index (χ3n) is 4.39. The van der Waals surface area contributed by atoms with Crippen LogP contribution in [0.3, 0.4) is 0 Å². The second-order valence-electron chi connectivity index (χ2n) is 5.86. The molecule has 24 heavy (non-hydrogen) atoms. The fourth-order valence-electron chi connectivity index (χ4n) is 3.16.